The van der Waals surface area contributed by atoms with Gasteiger partial charge in [0.1, 0.15) is 5.60 Å². The fraction of sp³-hybridized carbons (Fsp3) is 0.909. The Labute approximate surface area is 96.7 Å². The van der Waals surface area contributed by atoms with E-state index in [1.807, 2.05) is 0 Å². The molecule has 1 amide bonds. The van der Waals surface area contributed by atoms with Crippen molar-refractivity contribution in [1.29, 1.82) is 0 Å². The lowest BCUT2D eigenvalue weighted by Crippen LogP contribution is -2.48. The Hall–Kier alpha value is -0.810. The first-order chi connectivity index (χ1) is 7.38. The van der Waals surface area contributed by atoms with E-state index < -0.39 is 11.7 Å². The molecule has 0 unspecified atom stereocenters. The summed E-state index contributed by atoms with van der Waals surface area (Å²) < 4.78 is 5.05. The van der Waals surface area contributed by atoms with Crippen LogP contribution in [0.25, 0.3) is 0 Å². The molecule has 0 saturated heterocycles. The fourth-order valence-electron chi connectivity index (χ4n) is 1.81. The maximum atomic E-state index is 11.4. The second kappa shape index (κ2) is 5.50. The zero-order chi connectivity index (χ0) is 12.2. The molecule has 16 heavy (non-hydrogen) atoms. The molecule has 0 heterocycles. The Morgan fingerprint density at radius 1 is 1.31 bits per heavy atom. The van der Waals surface area contributed by atoms with Crippen molar-refractivity contribution >= 4 is 6.09 Å². The summed E-state index contributed by atoms with van der Waals surface area (Å²) in [6, 6.07) is 0.0151. The molecule has 5 heteroatoms. The second-order valence-corrected chi connectivity index (χ2v) is 5.25. The van der Waals surface area contributed by atoms with Crippen molar-refractivity contribution in [2.24, 2.45) is 0 Å². The molecule has 1 saturated carbocycles. The first kappa shape index (κ1) is 13.3. The zero-order valence-electron chi connectivity index (χ0n) is 10.3. The Morgan fingerprint density at radius 3 is 2.38 bits per heavy atom. The number of ether oxygens (including phenoxy) is 1. The van der Waals surface area contributed by atoms with Crippen LogP contribution in [0, 0.1) is 0 Å². The van der Waals surface area contributed by atoms with Gasteiger partial charge in [-0.2, -0.15) is 0 Å². The lowest BCUT2D eigenvalue weighted by Gasteiger charge is -2.29. The van der Waals surface area contributed by atoms with Crippen LogP contribution < -0.4 is 5.43 Å². The van der Waals surface area contributed by atoms with E-state index in [9.17, 15) is 10.0 Å². The van der Waals surface area contributed by atoms with E-state index in [0.717, 1.165) is 30.9 Å². The highest BCUT2D eigenvalue weighted by molar-refractivity contribution is 5.66. The van der Waals surface area contributed by atoms with Gasteiger partial charge in [0, 0.05) is 0 Å². The van der Waals surface area contributed by atoms with Crippen molar-refractivity contribution in [3.63, 3.8) is 0 Å². The van der Waals surface area contributed by atoms with Crippen molar-refractivity contribution in [2.75, 3.05) is 0 Å². The molecular weight excluding hydrogens is 208 g/mol. The number of hydrogen-bond acceptors (Lipinski definition) is 4. The number of hydrogen-bond donors (Lipinski definition) is 2. The Balaban J connectivity index is 2.32. The third-order valence-corrected chi connectivity index (χ3v) is 2.53. The van der Waals surface area contributed by atoms with Gasteiger partial charge in [0.15, 0.2) is 0 Å². The summed E-state index contributed by atoms with van der Waals surface area (Å²) in [6.45, 7) is 5.36. The van der Waals surface area contributed by atoms with Gasteiger partial charge in [-0.15, -0.1) is 0 Å². The van der Waals surface area contributed by atoms with Gasteiger partial charge in [-0.3, -0.25) is 5.21 Å². The van der Waals surface area contributed by atoms with Crippen LogP contribution in [0.2, 0.25) is 0 Å². The summed E-state index contributed by atoms with van der Waals surface area (Å²) in [4.78, 5) is 11.4. The number of amides is 1. The van der Waals surface area contributed by atoms with E-state index in [1.54, 1.807) is 20.8 Å². The second-order valence-electron chi connectivity index (χ2n) is 5.25. The molecule has 0 atom stereocenters. The molecule has 0 aromatic rings. The average molecular weight is 230 g/mol. The highest BCUT2D eigenvalue weighted by atomic mass is 16.6. The van der Waals surface area contributed by atoms with Gasteiger partial charge in [0.05, 0.1) is 6.04 Å². The van der Waals surface area contributed by atoms with Crippen molar-refractivity contribution in [1.82, 2.24) is 10.6 Å². The minimum Gasteiger partial charge on any atom is -0.443 e. The topological polar surface area (TPSA) is 61.8 Å². The fourth-order valence-corrected chi connectivity index (χ4v) is 1.81. The minimum absolute atomic E-state index is 0.0151. The van der Waals surface area contributed by atoms with Crippen molar-refractivity contribution in [3.05, 3.63) is 0 Å². The van der Waals surface area contributed by atoms with Gasteiger partial charge in [0.2, 0.25) is 0 Å². The summed E-state index contributed by atoms with van der Waals surface area (Å²) in [5.74, 6) is 0. The number of hydrazine groups is 1. The number of rotatable bonds is 2. The molecule has 1 fully saturated rings. The van der Waals surface area contributed by atoms with Gasteiger partial charge in [-0.1, -0.05) is 24.4 Å². The molecule has 2 N–H and O–H groups in total. The van der Waals surface area contributed by atoms with Crippen molar-refractivity contribution < 1.29 is 14.7 Å². The van der Waals surface area contributed by atoms with E-state index in [0.29, 0.717) is 0 Å². The van der Waals surface area contributed by atoms with Crippen LogP contribution in [-0.2, 0) is 4.74 Å². The monoisotopic (exact) mass is 230 g/mol. The summed E-state index contributed by atoms with van der Waals surface area (Å²) in [5.41, 5.74) is 1.79. The largest absolute Gasteiger partial charge is 0.443 e. The van der Waals surface area contributed by atoms with Crippen molar-refractivity contribution in [3.8, 4) is 0 Å². The minimum atomic E-state index is -0.611. The summed E-state index contributed by atoms with van der Waals surface area (Å²) >= 11 is 0. The predicted octanol–water partition coefficient (Wildman–Crippen LogP) is 2.45. The molecule has 1 rings (SSSR count). The molecule has 94 valence electrons. The summed E-state index contributed by atoms with van der Waals surface area (Å²) in [6.07, 6.45) is 4.60. The third kappa shape index (κ3) is 4.81. The van der Waals surface area contributed by atoms with E-state index >= 15 is 0 Å². The molecule has 0 spiro atoms. The van der Waals surface area contributed by atoms with Gasteiger partial charge in [-0.05, 0) is 33.6 Å². The smallest absolute Gasteiger partial charge is 0.424 e. The van der Waals surface area contributed by atoms with Gasteiger partial charge < -0.3 is 4.74 Å². The maximum Gasteiger partial charge on any atom is 0.424 e. The SMILES string of the molecule is CC(C)(C)OC(=O)NN(O)C1CCCCC1. The molecule has 0 bridgehead atoms. The number of carbonyl (C=O) groups excluding carboxylic acids is 1. The molecule has 0 aromatic heterocycles. The number of hydroxylamine groups is 1. The molecule has 5 nitrogen and oxygen atoms in total. The Bertz CT molecular complexity index is 232. The number of nitrogens with zero attached hydrogens (tertiary/aromatic N) is 1. The van der Waals surface area contributed by atoms with Gasteiger partial charge >= 0.3 is 6.09 Å². The van der Waals surface area contributed by atoms with Crippen LogP contribution in [0.4, 0.5) is 4.79 Å². The standard InChI is InChI=1S/C11H22N2O3/c1-11(2,3)16-10(14)12-13(15)9-7-5-4-6-8-9/h9,15H,4-8H2,1-3H3,(H,12,14). The third-order valence-electron chi connectivity index (χ3n) is 2.53. The lowest BCUT2D eigenvalue weighted by molar-refractivity contribution is -0.171. The maximum absolute atomic E-state index is 11.4. The Morgan fingerprint density at radius 2 is 1.88 bits per heavy atom. The van der Waals surface area contributed by atoms with Crippen LogP contribution >= 0.6 is 0 Å². The van der Waals surface area contributed by atoms with Crippen LogP contribution in [0.5, 0.6) is 0 Å². The molecule has 1 aliphatic rings. The van der Waals surface area contributed by atoms with E-state index in [4.69, 9.17) is 4.74 Å². The molecule has 0 radical (unpaired) electrons. The van der Waals surface area contributed by atoms with Gasteiger partial charge in [0.25, 0.3) is 0 Å². The molecule has 0 aliphatic heterocycles. The van der Waals surface area contributed by atoms with Crippen LogP contribution in [-0.4, -0.2) is 28.1 Å². The number of nitrogens with one attached hydrogen (secondary N) is 1. The van der Waals surface area contributed by atoms with Gasteiger partial charge in [-0.25, -0.2) is 10.2 Å². The quantitative estimate of drug-likeness (QED) is 0.715. The molecule has 0 aromatic carbocycles. The number of carbonyl (C=O) groups is 1. The van der Waals surface area contributed by atoms with E-state index in [-0.39, 0.29) is 6.04 Å². The van der Waals surface area contributed by atoms with Crippen molar-refractivity contribution in [2.45, 2.75) is 64.5 Å². The molecular formula is C11H22N2O3. The van der Waals surface area contributed by atoms with Crippen LogP contribution in [0.15, 0.2) is 0 Å². The van der Waals surface area contributed by atoms with Crippen LogP contribution in [0.1, 0.15) is 52.9 Å². The highest BCUT2D eigenvalue weighted by Crippen LogP contribution is 2.20. The molecule has 1 aliphatic carbocycles. The van der Waals surface area contributed by atoms with Crippen LogP contribution in [0.3, 0.4) is 0 Å². The first-order valence-electron chi connectivity index (χ1n) is 5.86. The first-order valence-corrected chi connectivity index (χ1v) is 5.86. The summed E-state index contributed by atoms with van der Waals surface area (Å²) in [7, 11) is 0. The lowest BCUT2D eigenvalue weighted by atomic mass is 9.96. The average Bonchev–Trinajstić information content (AvgIpc) is 2.16. The highest BCUT2D eigenvalue weighted by Gasteiger charge is 2.23. The van der Waals surface area contributed by atoms with E-state index in [2.05, 4.69) is 5.43 Å². The normalized spacial score (nSPS) is 18.6. The van der Waals surface area contributed by atoms with E-state index in [1.165, 1.54) is 6.42 Å². The zero-order valence-corrected chi connectivity index (χ0v) is 10.3. The Kier molecular flexibility index (Phi) is 4.56. The summed E-state index contributed by atoms with van der Waals surface area (Å²) in [5, 5.41) is 10.6. The predicted molar refractivity (Wildman–Crippen MR) is 59.9 cm³/mol.